The molecule has 2 aromatic rings. The first-order valence-electron chi connectivity index (χ1n) is 7.00. The minimum Gasteiger partial charge on any atom is -0.483 e. The zero-order chi connectivity index (χ0) is 15.7. The van der Waals surface area contributed by atoms with Crippen molar-refractivity contribution in [1.82, 2.24) is 4.90 Å². The van der Waals surface area contributed by atoms with E-state index in [1.807, 2.05) is 11.8 Å². The van der Waals surface area contributed by atoms with E-state index in [1.165, 1.54) is 28.6 Å². The molecule has 3 rings (SSSR count). The van der Waals surface area contributed by atoms with Crippen molar-refractivity contribution in [3.8, 4) is 5.75 Å². The summed E-state index contributed by atoms with van der Waals surface area (Å²) < 4.78 is 19.1. The zero-order valence-corrected chi connectivity index (χ0v) is 14.4. The van der Waals surface area contributed by atoms with Crippen LogP contribution in [-0.4, -0.2) is 24.0 Å². The van der Waals surface area contributed by atoms with Crippen molar-refractivity contribution >= 4 is 33.2 Å². The number of halogens is 2. The normalized spacial score (nSPS) is 17.2. The maximum atomic E-state index is 13.0. The van der Waals surface area contributed by atoms with Crippen molar-refractivity contribution in [1.29, 1.82) is 0 Å². The lowest BCUT2D eigenvalue weighted by Gasteiger charge is -2.33. The van der Waals surface area contributed by atoms with Crippen LogP contribution in [0.15, 0.2) is 34.1 Å². The Labute approximate surface area is 140 Å². The Morgan fingerprint density at radius 1 is 1.50 bits per heavy atom. The van der Waals surface area contributed by atoms with Gasteiger partial charge in [-0.05, 0) is 64.5 Å². The summed E-state index contributed by atoms with van der Waals surface area (Å²) in [6.45, 7) is 2.70. The van der Waals surface area contributed by atoms with E-state index in [9.17, 15) is 9.18 Å². The van der Waals surface area contributed by atoms with Crippen molar-refractivity contribution in [2.75, 3.05) is 13.2 Å². The molecular formula is C16H15BrFNO2S. The number of fused-ring (bicyclic) bond motifs is 1. The molecule has 3 nitrogen and oxygen atoms in total. The van der Waals surface area contributed by atoms with Crippen LogP contribution in [0.4, 0.5) is 4.39 Å². The maximum absolute atomic E-state index is 13.0. The third-order valence-corrected chi connectivity index (χ3v) is 5.46. The summed E-state index contributed by atoms with van der Waals surface area (Å²) in [5.41, 5.74) is 1.23. The molecule has 0 spiro atoms. The molecule has 1 aromatic heterocycles. The first-order chi connectivity index (χ1) is 10.6. The molecule has 1 aromatic carbocycles. The van der Waals surface area contributed by atoms with Crippen LogP contribution in [0.3, 0.4) is 0 Å². The molecular weight excluding hydrogens is 369 g/mol. The van der Waals surface area contributed by atoms with Crippen LogP contribution in [0.25, 0.3) is 0 Å². The van der Waals surface area contributed by atoms with Gasteiger partial charge in [-0.3, -0.25) is 4.79 Å². The van der Waals surface area contributed by atoms with Gasteiger partial charge in [0.1, 0.15) is 11.6 Å². The SMILES string of the molecule is C[C@H]1c2ccsc2CCN1C(=O)COc1ccc(F)cc1Br. The molecule has 2 heterocycles. The Balaban J connectivity index is 1.65. The first kappa shape index (κ1) is 15.5. The third-order valence-electron chi connectivity index (χ3n) is 3.84. The Bertz CT molecular complexity index is 703. The lowest BCUT2D eigenvalue weighted by molar-refractivity contribution is -0.135. The van der Waals surface area contributed by atoms with Gasteiger partial charge in [0.2, 0.25) is 0 Å². The summed E-state index contributed by atoms with van der Waals surface area (Å²) in [4.78, 5) is 15.6. The Morgan fingerprint density at radius 3 is 3.09 bits per heavy atom. The number of benzene rings is 1. The summed E-state index contributed by atoms with van der Waals surface area (Å²) in [6.07, 6.45) is 0.892. The number of hydrogen-bond donors (Lipinski definition) is 0. The second-order valence-electron chi connectivity index (χ2n) is 5.18. The van der Waals surface area contributed by atoms with Gasteiger partial charge in [-0.25, -0.2) is 4.39 Å². The average molecular weight is 384 g/mol. The van der Waals surface area contributed by atoms with Gasteiger partial charge in [0.25, 0.3) is 5.91 Å². The van der Waals surface area contributed by atoms with Crippen molar-refractivity contribution in [2.24, 2.45) is 0 Å². The molecule has 0 N–H and O–H groups in total. The molecule has 1 amide bonds. The number of carbonyl (C=O) groups is 1. The largest absolute Gasteiger partial charge is 0.483 e. The first-order valence-corrected chi connectivity index (χ1v) is 8.67. The number of hydrogen-bond acceptors (Lipinski definition) is 3. The van der Waals surface area contributed by atoms with Crippen LogP contribution in [0.5, 0.6) is 5.75 Å². The van der Waals surface area contributed by atoms with Gasteiger partial charge in [0.15, 0.2) is 6.61 Å². The summed E-state index contributed by atoms with van der Waals surface area (Å²) >= 11 is 4.98. The second-order valence-corrected chi connectivity index (χ2v) is 7.03. The maximum Gasteiger partial charge on any atom is 0.261 e. The fourth-order valence-corrected chi connectivity index (χ4v) is 4.09. The van der Waals surface area contributed by atoms with Crippen LogP contribution in [0.2, 0.25) is 0 Å². The highest BCUT2D eigenvalue weighted by atomic mass is 79.9. The second kappa shape index (κ2) is 6.38. The van der Waals surface area contributed by atoms with E-state index in [1.54, 1.807) is 11.3 Å². The average Bonchev–Trinajstić information content (AvgIpc) is 2.96. The fourth-order valence-electron chi connectivity index (χ4n) is 2.66. The number of amides is 1. The molecule has 1 atom stereocenters. The fraction of sp³-hybridized carbons (Fsp3) is 0.312. The topological polar surface area (TPSA) is 29.5 Å². The lowest BCUT2D eigenvalue weighted by atomic mass is 10.0. The molecule has 0 unspecified atom stereocenters. The molecule has 0 saturated carbocycles. The number of thiophene rings is 1. The summed E-state index contributed by atoms with van der Waals surface area (Å²) in [5.74, 6) is 0.0661. The van der Waals surface area contributed by atoms with E-state index in [-0.39, 0.29) is 24.4 Å². The molecule has 0 saturated heterocycles. The monoisotopic (exact) mass is 383 g/mol. The minimum atomic E-state index is -0.347. The number of carbonyl (C=O) groups excluding carboxylic acids is 1. The zero-order valence-electron chi connectivity index (χ0n) is 12.0. The van der Waals surface area contributed by atoms with Gasteiger partial charge in [0.05, 0.1) is 10.5 Å². The van der Waals surface area contributed by atoms with Crippen LogP contribution >= 0.6 is 27.3 Å². The minimum absolute atomic E-state index is 0.0476. The van der Waals surface area contributed by atoms with Gasteiger partial charge in [-0.15, -0.1) is 11.3 Å². The van der Waals surface area contributed by atoms with Crippen LogP contribution < -0.4 is 4.74 Å². The smallest absolute Gasteiger partial charge is 0.261 e. The predicted molar refractivity (Wildman–Crippen MR) is 87.7 cm³/mol. The molecule has 0 fully saturated rings. The van der Waals surface area contributed by atoms with E-state index in [0.29, 0.717) is 16.8 Å². The molecule has 0 radical (unpaired) electrons. The highest BCUT2D eigenvalue weighted by molar-refractivity contribution is 9.10. The highest BCUT2D eigenvalue weighted by Gasteiger charge is 2.28. The standard InChI is InChI=1S/C16H15BrFNO2S/c1-10-12-5-7-22-15(12)4-6-19(10)16(20)9-21-14-3-2-11(18)8-13(14)17/h2-3,5,7-8,10H,4,6,9H2,1H3/t10-/m0/s1. The predicted octanol–water partition coefficient (Wildman–Crippen LogP) is 4.17. The van der Waals surface area contributed by atoms with Gasteiger partial charge in [-0.1, -0.05) is 0 Å². The summed E-state index contributed by atoms with van der Waals surface area (Å²) in [6, 6.07) is 6.31. The van der Waals surface area contributed by atoms with E-state index >= 15 is 0 Å². The molecule has 0 bridgehead atoms. The van der Waals surface area contributed by atoms with E-state index < -0.39 is 0 Å². The molecule has 116 valence electrons. The van der Waals surface area contributed by atoms with Crippen LogP contribution in [0, 0.1) is 5.82 Å². The number of nitrogens with zero attached hydrogens (tertiary/aromatic N) is 1. The molecule has 22 heavy (non-hydrogen) atoms. The van der Waals surface area contributed by atoms with E-state index in [2.05, 4.69) is 27.4 Å². The van der Waals surface area contributed by atoms with Crippen LogP contribution in [-0.2, 0) is 11.2 Å². The van der Waals surface area contributed by atoms with Crippen molar-refractivity contribution < 1.29 is 13.9 Å². The Kier molecular flexibility index (Phi) is 4.49. The van der Waals surface area contributed by atoms with E-state index in [0.717, 1.165) is 6.42 Å². The van der Waals surface area contributed by atoms with E-state index in [4.69, 9.17) is 4.74 Å². The molecule has 6 heteroatoms. The third kappa shape index (κ3) is 3.03. The highest BCUT2D eigenvalue weighted by Crippen LogP contribution is 2.33. The summed E-state index contributed by atoms with van der Waals surface area (Å²) in [7, 11) is 0. The molecule has 1 aliphatic heterocycles. The van der Waals surface area contributed by atoms with Gasteiger partial charge in [-0.2, -0.15) is 0 Å². The van der Waals surface area contributed by atoms with Gasteiger partial charge < -0.3 is 9.64 Å². The van der Waals surface area contributed by atoms with Gasteiger partial charge in [0, 0.05) is 11.4 Å². The van der Waals surface area contributed by atoms with Crippen molar-refractivity contribution in [3.05, 3.63) is 50.4 Å². The quantitative estimate of drug-likeness (QED) is 0.795. The molecule has 0 aliphatic carbocycles. The van der Waals surface area contributed by atoms with Crippen molar-refractivity contribution in [3.63, 3.8) is 0 Å². The Morgan fingerprint density at radius 2 is 2.32 bits per heavy atom. The number of ether oxygens (including phenoxy) is 1. The number of rotatable bonds is 3. The summed E-state index contributed by atoms with van der Waals surface area (Å²) in [5, 5.41) is 2.07. The molecule has 1 aliphatic rings. The van der Waals surface area contributed by atoms with Crippen molar-refractivity contribution in [2.45, 2.75) is 19.4 Å². The Hall–Kier alpha value is -1.40. The van der Waals surface area contributed by atoms with Crippen LogP contribution in [0.1, 0.15) is 23.4 Å². The lowest BCUT2D eigenvalue weighted by Crippen LogP contribution is -2.40. The van der Waals surface area contributed by atoms with Gasteiger partial charge >= 0.3 is 0 Å².